The van der Waals surface area contributed by atoms with Crippen LogP contribution in [0.5, 0.6) is 5.75 Å². The molecule has 1 aliphatic rings. The van der Waals surface area contributed by atoms with Gasteiger partial charge in [0.1, 0.15) is 42.0 Å². The minimum atomic E-state index is -1.40. The molecule has 6 atom stereocenters. The summed E-state index contributed by atoms with van der Waals surface area (Å²) < 4.78 is 0. The highest BCUT2D eigenvalue weighted by atomic mass is 16.4. The maximum atomic E-state index is 14.1. The van der Waals surface area contributed by atoms with E-state index in [1.54, 1.807) is 37.3 Å². The number of aryl methyl sites for hydroxylation is 1. The number of nitrogens with zero attached hydrogens (tertiary/aromatic N) is 2. The normalized spacial score (nSPS) is 17.3. The third-order valence-electron chi connectivity index (χ3n) is 12.5. The number of hydrogen-bond acceptors (Lipinski definition) is 10. The number of phenolic OH excluding ortho intramolecular Hbond substituents is 1. The van der Waals surface area contributed by atoms with Crippen LogP contribution in [0.15, 0.2) is 36.4 Å². The number of amides is 7. The highest BCUT2D eigenvalue weighted by molar-refractivity contribution is 5.97. The van der Waals surface area contributed by atoms with Gasteiger partial charge in [0.05, 0.1) is 13.2 Å². The van der Waals surface area contributed by atoms with E-state index in [9.17, 15) is 53.7 Å². The Balaban J connectivity index is 1.65. The monoisotopic (exact) mass is 950 g/mol. The summed E-state index contributed by atoms with van der Waals surface area (Å²) in [6.07, 6.45) is 15.2. The molecular formula is C50H75N7O11. The van der Waals surface area contributed by atoms with Crippen molar-refractivity contribution in [2.75, 3.05) is 27.2 Å². The smallest absolute Gasteiger partial charge is 0.325 e. The summed E-state index contributed by atoms with van der Waals surface area (Å²) in [4.78, 5) is 108. The van der Waals surface area contributed by atoms with Crippen molar-refractivity contribution in [2.45, 2.75) is 167 Å². The van der Waals surface area contributed by atoms with Gasteiger partial charge in [-0.25, -0.2) is 0 Å². The Hall–Kier alpha value is -6.04. The lowest BCUT2D eigenvalue weighted by Gasteiger charge is -2.30. The lowest BCUT2D eigenvalue weighted by atomic mass is 9.91. The molecular weight excluding hydrogens is 875 g/mol. The maximum absolute atomic E-state index is 14.1. The van der Waals surface area contributed by atoms with Crippen molar-refractivity contribution < 1.29 is 53.7 Å². The number of unbranched alkanes of at least 4 members (excludes halogenated alkanes) is 12. The number of hydrogen-bond donors (Lipinski definition) is 8. The van der Waals surface area contributed by atoms with Gasteiger partial charge in [0.2, 0.25) is 41.4 Å². The molecule has 0 aliphatic carbocycles. The third-order valence-corrected chi connectivity index (χ3v) is 12.5. The SMILES string of the molecule is CCCCCCCCCCCCCCCC(=O)N(C)[C@H](CO)C(=O)N[C@H](C)C(=O)NCC(=O)N(C)[C@@H]1C(=O)N[C@@H](C)C(=O)N[C@H](C(=O)N[C@@H](C)C(=O)O)Cc2ccc(O)c(c2)-c2cc1ccc2C. The average Bonchev–Trinajstić information content (AvgIpc) is 3.30. The van der Waals surface area contributed by atoms with Gasteiger partial charge in [0.25, 0.3) is 0 Å². The van der Waals surface area contributed by atoms with Crippen LogP contribution in [-0.2, 0) is 44.8 Å². The number of phenols is 1. The fourth-order valence-corrected chi connectivity index (χ4v) is 8.04. The van der Waals surface area contributed by atoms with E-state index in [0.29, 0.717) is 34.2 Å². The predicted molar refractivity (Wildman–Crippen MR) is 257 cm³/mol. The number of rotatable bonds is 25. The van der Waals surface area contributed by atoms with E-state index in [0.717, 1.165) is 24.2 Å². The minimum Gasteiger partial charge on any atom is -0.507 e. The summed E-state index contributed by atoms with van der Waals surface area (Å²) in [6, 6.07) is 1.84. The molecule has 2 aromatic rings. The molecule has 376 valence electrons. The number of benzene rings is 2. The Morgan fingerprint density at radius 3 is 1.94 bits per heavy atom. The molecule has 8 N–H and O–H groups in total. The molecule has 0 saturated heterocycles. The summed E-state index contributed by atoms with van der Waals surface area (Å²) in [5, 5.41) is 43.0. The van der Waals surface area contributed by atoms with Crippen molar-refractivity contribution in [1.82, 2.24) is 36.4 Å². The molecule has 0 unspecified atom stereocenters. The van der Waals surface area contributed by atoms with Crippen LogP contribution in [0.25, 0.3) is 11.1 Å². The van der Waals surface area contributed by atoms with E-state index in [2.05, 4.69) is 33.5 Å². The van der Waals surface area contributed by atoms with Crippen molar-refractivity contribution in [3.8, 4) is 16.9 Å². The van der Waals surface area contributed by atoms with Crippen LogP contribution in [0.1, 0.15) is 140 Å². The van der Waals surface area contributed by atoms with Crippen molar-refractivity contribution in [2.24, 2.45) is 0 Å². The van der Waals surface area contributed by atoms with Gasteiger partial charge in [-0.05, 0) is 74.6 Å². The average molecular weight is 950 g/mol. The molecule has 2 aromatic carbocycles. The van der Waals surface area contributed by atoms with E-state index in [4.69, 9.17) is 0 Å². The summed E-state index contributed by atoms with van der Waals surface area (Å²) in [6.45, 7) is 6.71. The number of carboxylic acid groups (broad SMARTS) is 1. The van der Waals surface area contributed by atoms with Crippen LogP contribution < -0.4 is 26.6 Å². The summed E-state index contributed by atoms with van der Waals surface area (Å²) in [5.41, 5.74) is 2.30. The minimum absolute atomic E-state index is 0.0945. The van der Waals surface area contributed by atoms with Crippen LogP contribution in [0.2, 0.25) is 0 Å². The van der Waals surface area contributed by atoms with Gasteiger partial charge >= 0.3 is 5.97 Å². The van der Waals surface area contributed by atoms with Crippen LogP contribution >= 0.6 is 0 Å². The maximum Gasteiger partial charge on any atom is 0.325 e. The van der Waals surface area contributed by atoms with Gasteiger partial charge < -0.3 is 51.7 Å². The van der Waals surface area contributed by atoms with Gasteiger partial charge in [-0.2, -0.15) is 0 Å². The topological polar surface area (TPSA) is 264 Å². The van der Waals surface area contributed by atoms with Crippen molar-refractivity contribution in [1.29, 1.82) is 0 Å². The third kappa shape index (κ3) is 17.2. The molecule has 0 radical (unpaired) electrons. The predicted octanol–water partition coefficient (Wildman–Crippen LogP) is 3.92. The number of carboxylic acids is 1. The Kier molecular flexibility index (Phi) is 23.4. The largest absolute Gasteiger partial charge is 0.507 e. The van der Waals surface area contributed by atoms with Gasteiger partial charge in [-0.1, -0.05) is 102 Å². The Labute approximate surface area is 400 Å². The van der Waals surface area contributed by atoms with Crippen LogP contribution in [0.4, 0.5) is 0 Å². The number of carbonyl (C=O) groups excluding carboxylic acids is 7. The van der Waals surface area contributed by atoms with E-state index >= 15 is 0 Å². The second kappa shape index (κ2) is 28.3. The van der Waals surface area contributed by atoms with Crippen molar-refractivity contribution in [3.05, 3.63) is 53.1 Å². The summed E-state index contributed by atoms with van der Waals surface area (Å²) >= 11 is 0. The number of nitrogens with one attached hydrogen (secondary N) is 5. The first-order chi connectivity index (χ1) is 32.3. The molecule has 0 saturated carbocycles. The number of fused-ring (bicyclic) bond motifs is 5. The highest BCUT2D eigenvalue weighted by Crippen LogP contribution is 2.35. The molecule has 1 aliphatic heterocycles. The number of likely N-dealkylation sites (N-methyl/N-ethyl adjacent to an activating group) is 2. The first-order valence-corrected chi connectivity index (χ1v) is 24.1. The number of carbonyl (C=O) groups is 8. The van der Waals surface area contributed by atoms with E-state index in [1.165, 1.54) is 104 Å². The molecule has 68 heavy (non-hydrogen) atoms. The van der Waals surface area contributed by atoms with Gasteiger partial charge in [0, 0.05) is 32.5 Å². The molecule has 7 amide bonds. The number of aliphatic hydroxyl groups is 1. The Morgan fingerprint density at radius 2 is 1.35 bits per heavy atom. The molecule has 3 rings (SSSR count). The second-order valence-corrected chi connectivity index (χ2v) is 18.0. The van der Waals surface area contributed by atoms with Crippen LogP contribution in [0, 0.1) is 6.92 Å². The fraction of sp³-hybridized carbons (Fsp3) is 0.600. The molecule has 0 fully saturated rings. The van der Waals surface area contributed by atoms with Gasteiger partial charge in [0.15, 0.2) is 0 Å². The lowest BCUT2D eigenvalue weighted by Crippen LogP contribution is -2.56. The van der Waals surface area contributed by atoms with Crippen molar-refractivity contribution in [3.63, 3.8) is 0 Å². The molecule has 0 spiro atoms. The fourth-order valence-electron chi connectivity index (χ4n) is 8.04. The van der Waals surface area contributed by atoms with Gasteiger partial charge in [-0.3, -0.25) is 38.4 Å². The first-order valence-electron chi connectivity index (χ1n) is 24.1. The zero-order valence-corrected chi connectivity index (χ0v) is 41.0. The molecule has 0 aromatic heterocycles. The molecule has 1 heterocycles. The van der Waals surface area contributed by atoms with E-state index in [-0.39, 0.29) is 24.5 Å². The van der Waals surface area contributed by atoms with Gasteiger partial charge in [-0.15, -0.1) is 0 Å². The number of aromatic hydroxyl groups is 1. The van der Waals surface area contributed by atoms with Crippen LogP contribution in [0.3, 0.4) is 0 Å². The zero-order chi connectivity index (χ0) is 50.5. The summed E-state index contributed by atoms with van der Waals surface area (Å²) in [5.74, 6) is -6.38. The summed E-state index contributed by atoms with van der Waals surface area (Å²) in [7, 11) is 2.76. The second-order valence-electron chi connectivity index (χ2n) is 18.0. The van der Waals surface area contributed by atoms with E-state index in [1.807, 2.05) is 0 Å². The molecule has 18 nitrogen and oxygen atoms in total. The standard InChI is InChI=1S/C50H75N7O11/c1-8-9-10-11-12-13-14-15-16-17-18-19-20-21-42(60)56(6)40(30-58)48(65)52-32(3)45(62)51-29-43(61)57(7)44-36-24-22-31(2)37(28-36)38-26-35(23-25-41(38)59)27-39(47(64)54-34(5)50(67)68)55-46(63)33(4)53-49(44)66/h22-26,28,32-34,39-40,44,58-59H,8-21,27,29-30H2,1-7H3,(H,51,62)(H,52,65)(H,53,66)(H,54,64)(H,55,63)(H,67,68)/t32-,33+,34+,39+,40-,44+/m1/s1. The first kappa shape index (κ1) is 56.3. The number of aliphatic carboxylic acids is 1. The zero-order valence-electron chi connectivity index (χ0n) is 41.0. The van der Waals surface area contributed by atoms with Crippen LogP contribution in [-0.4, -0.2) is 130 Å². The molecule has 18 heteroatoms. The Morgan fingerprint density at radius 1 is 0.750 bits per heavy atom. The van der Waals surface area contributed by atoms with E-state index < -0.39 is 90.8 Å². The quantitative estimate of drug-likeness (QED) is 0.0662. The number of aliphatic hydroxyl groups excluding tert-OH is 1. The van der Waals surface area contributed by atoms with Crippen molar-refractivity contribution >= 4 is 47.3 Å². The Bertz CT molecular complexity index is 2060. The lowest BCUT2D eigenvalue weighted by molar-refractivity contribution is -0.142. The molecule has 4 bridgehead atoms. The highest BCUT2D eigenvalue weighted by Gasteiger charge is 2.34.